The van der Waals surface area contributed by atoms with E-state index in [0.29, 0.717) is 11.3 Å². The Balaban J connectivity index is 1.37. The molecule has 0 amide bonds. The van der Waals surface area contributed by atoms with Crippen molar-refractivity contribution in [3.63, 3.8) is 0 Å². The smallest absolute Gasteiger partial charge is 0.191 e. The second-order valence-electron chi connectivity index (χ2n) is 6.88. The summed E-state index contributed by atoms with van der Waals surface area (Å²) in [6.45, 7) is 5.64. The van der Waals surface area contributed by atoms with Gasteiger partial charge in [-0.05, 0) is 37.8 Å². The number of hydrogen-bond donors (Lipinski definition) is 2. The maximum absolute atomic E-state index is 4.40. The van der Waals surface area contributed by atoms with Crippen LogP contribution in [0.25, 0.3) is 0 Å². The van der Waals surface area contributed by atoms with Gasteiger partial charge >= 0.3 is 0 Å². The maximum atomic E-state index is 4.40. The molecule has 1 aliphatic carbocycles. The number of piperidine rings is 1. The van der Waals surface area contributed by atoms with Gasteiger partial charge in [0.15, 0.2) is 5.96 Å². The Hall–Kier alpha value is -1.20. The second-order valence-corrected chi connectivity index (χ2v) is 8.39. The van der Waals surface area contributed by atoms with Crippen molar-refractivity contribution < 1.29 is 0 Å². The zero-order valence-electron chi connectivity index (χ0n) is 14.9. The molecule has 0 aromatic heterocycles. The number of thioether (sulfide) groups is 1. The summed E-state index contributed by atoms with van der Waals surface area (Å²) in [7, 11) is 1.86. The molecule has 1 heterocycles. The number of guanidine groups is 1. The van der Waals surface area contributed by atoms with E-state index in [1.807, 2.05) is 18.8 Å². The van der Waals surface area contributed by atoms with E-state index in [0.717, 1.165) is 18.5 Å². The van der Waals surface area contributed by atoms with Crippen LogP contribution in [0.3, 0.4) is 0 Å². The molecule has 1 atom stereocenters. The topological polar surface area (TPSA) is 39.7 Å². The van der Waals surface area contributed by atoms with E-state index in [1.165, 1.54) is 43.7 Å². The van der Waals surface area contributed by atoms with Gasteiger partial charge in [-0.25, -0.2) is 0 Å². The molecule has 2 fully saturated rings. The molecule has 0 bridgehead atoms. The average Bonchev–Trinajstić information content (AvgIpc) is 3.45. The monoisotopic (exact) mass is 346 g/mol. The highest BCUT2D eigenvalue weighted by Gasteiger charge is 2.31. The van der Waals surface area contributed by atoms with Gasteiger partial charge in [-0.1, -0.05) is 25.1 Å². The van der Waals surface area contributed by atoms with Crippen LogP contribution in [0.2, 0.25) is 0 Å². The average molecular weight is 347 g/mol. The van der Waals surface area contributed by atoms with Gasteiger partial charge in [0.2, 0.25) is 0 Å². The van der Waals surface area contributed by atoms with Gasteiger partial charge in [-0.15, -0.1) is 11.8 Å². The van der Waals surface area contributed by atoms with Crippen molar-refractivity contribution in [1.29, 1.82) is 0 Å². The van der Waals surface area contributed by atoms with E-state index in [-0.39, 0.29) is 0 Å². The van der Waals surface area contributed by atoms with Crippen LogP contribution in [-0.4, -0.2) is 54.9 Å². The van der Waals surface area contributed by atoms with Gasteiger partial charge in [-0.3, -0.25) is 4.99 Å². The standard InChI is InChI=1S/C19H30N4S/c1-15(24-18-6-4-3-5-7-18)14-21-19(20-2)22-16-10-12-23(13-11-16)17-8-9-17/h3-7,15-17H,8-14H2,1-2H3,(H2,20,21,22). The third-order valence-corrected chi connectivity index (χ3v) is 5.91. The molecule has 1 aromatic carbocycles. The molecule has 2 aliphatic rings. The summed E-state index contributed by atoms with van der Waals surface area (Å²) in [6, 6.07) is 12.0. The van der Waals surface area contributed by atoms with E-state index in [2.05, 4.69) is 57.8 Å². The summed E-state index contributed by atoms with van der Waals surface area (Å²) in [5.74, 6) is 0.945. The molecule has 24 heavy (non-hydrogen) atoms. The number of nitrogens with zero attached hydrogens (tertiary/aromatic N) is 2. The molecule has 1 saturated heterocycles. The fraction of sp³-hybridized carbons (Fsp3) is 0.632. The first-order valence-corrected chi connectivity index (χ1v) is 10.1. The van der Waals surface area contributed by atoms with Crippen molar-refractivity contribution in [2.24, 2.45) is 4.99 Å². The molecule has 0 radical (unpaired) electrons. The van der Waals surface area contributed by atoms with Crippen LogP contribution >= 0.6 is 11.8 Å². The molecule has 1 unspecified atom stereocenters. The van der Waals surface area contributed by atoms with Crippen LogP contribution in [0.4, 0.5) is 0 Å². The lowest BCUT2D eigenvalue weighted by molar-refractivity contribution is 0.197. The van der Waals surface area contributed by atoms with Crippen LogP contribution < -0.4 is 10.6 Å². The summed E-state index contributed by atoms with van der Waals surface area (Å²) in [6.07, 6.45) is 5.29. The Bertz CT molecular complexity index is 521. The molecule has 1 aliphatic heterocycles. The van der Waals surface area contributed by atoms with Gasteiger partial charge in [0, 0.05) is 48.9 Å². The molecular formula is C19H30N4S. The van der Waals surface area contributed by atoms with Crippen molar-refractivity contribution in [3.8, 4) is 0 Å². The lowest BCUT2D eigenvalue weighted by Crippen LogP contribution is -2.49. The largest absolute Gasteiger partial charge is 0.355 e. The highest BCUT2D eigenvalue weighted by molar-refractivity contribution is 8.00. The Morgan fingerprint density at radius 3 is 2.54 bits per heavy atom. The predicted octanol–water partition coefficient (Wildman–Crippen LogP) is 2.96. The zero-order chi connectivity index (χ0) is 16.8. The van der Waals surface area contributed by atoms with Gasteiger partial charge in [0.05, 0.1) is 0 Å². The van der Waals surface area contributed by atoms with Gasteiger partial charge < -0.3 is 15.5 Å². The van der Waals surface area contributed by atoms with Crippen LogP contribution in [0.15, 0.2) is 40.2 Å². The molecule has 5 heteroatoms. The van der Waals surface area contributed by atoms with Crippen molar-refractivity contribution in [2.75, 3.05) is 26.7 Å². The molecule has 3 rings (SSSR count). The summed E-state index contributed by atoms with van der Waals surface area (Å²) in [4.78, 5) is 8.38. The predicted molar refractivity (Wildman–Crippen MR) is 104 cm³/mol. The first-order valence-electron chi connectivity index (χ1n) is 9.17. The molecular weight excluding hydrogens is 316 g/mol. The highest BCUT2D eigenvalue weighted by Crippen LogP contribution is 2.29. The molecule has 4 nitrogen and oxygen atoms in total. The minimum atomic E-state index is 0.502. The van der Waals surface area contributed by atoms with Crippen LogP contribution in [-0.2, 0) is 0 Å². The fourth-order valence-corrected chi connectivity index (χ4v) is 4.20. The first kappa shape index (κ1) is 17.6. The normalized spacial score (nSPS) is 21.5. The summed E-state index contributed by atoms with van der Waals surface area (Å²) in [5, 5.41) is 7.60. The van der Waals surface area contributed by atoms with E-state index < -0.39 is 0 Å². The lowest BCUT2D eigenvalue weighted by atomic mass is 10.1. The van der Waals surface area contributed by atoms with Crippen molar-refractivity contribution in [3.05, 3.63) is 30.3 Å². The van der Waals surface area contributed by atoms with E-state index in [9.17, 15) is 0 Å². The van der Waals surface area contributed by atoms with E-state index in [4.69, 9.17) is 0 Å². The quantitative estimate of drug-likeness (QED) is 0.472. The van der Waals surface area contributed by atoms with Crippen LogP contribution in [0.5, 0.6) is 0 Å². The van der Waals surface area contributed by atoms with Crippen LogP contribution in [0.1, 0.15) is 32.6 Å². The van der Waals surface area contributed by atoms with Crippen molar-refractivity contribution >= 4 is 17.7 Å². The number of likely N-dealkylation sites (tertiary alicyclic amines) is 1. The SMILES string of the molecule is CN=C(NCC(C)Sc1ccccc1)NC1CCN(C2CC2)CC1. The number of nitrogens with one attached hydrogen (secondary N) is 2. The van der Waals surface area contributed by atoms with Gasteiger partial charge in [-0.2, -0.15) is 0 Å². The minimum Gasteiger partial charge on any atom is -0.355 e. The van der Waals surface area contributed by atoms with Crippen molar-refractivity contribution in [1.82, 2.24) is 15.5 Å². The molecule has 0 spiro atoms. The Labute approximate surface area is 150 Å². The number of aliphatic imine (C=N–C) groups is 1. The minimum absolute atomic E-state index is 0.502. The second kappa shape index (κ2) is 8.77. The third kappa shape index (κ3) is 5.42. The summed E-state index contributed by atoms with van der Waals surface area (Å²) < 4.78 is 0. The summed E-state index contributed by atoms with van der Waals surface area (Å²) in [5.41, 5.74) is 0. The van der Waals surface area contributed by atoms with Gasteiger partial charge in [0.1, 0.15) is 0 Å². The summed E-state index contributed by atoms with van der Waals surface area (Å²) >= 11 is 1.90. The highest BCUT2D eigenvalue weighted by atomic mass is 32.2. The van der Waals surface area contributed by atoms with E-state index >= 15 is 0 Å². The molecule has 132 valence electrons. The van der Waals surface area contributed by atoms with E-state index in [1.54, 1.807) is 0 Å². The Kier molecular flexibility index (Phi) is 6.44. The molecule has 1 saturated carbocycles. The Morgan fingerprint density at radius 2 is 1.92 bits per heavy atom. The number of hydrogen-bond acceptors (Lipinski definition) is 3. The fourth-order valence-electron chi connectivity index (χ4n) is 3.25. The first-order chi connectivity index (χ1) is 11.7. The molecule has 1 aromatic rings. The van der Waals surface area contributed by atoms with Crippen molar-refractivity contribution in [2.45, 2.75) is 54.8 Å². The van der Waals surface area contributed by atoms with Crippen LogP contribution in [0, 0.1) is 0 Å². The van der Waals surface area contributed by atoms with Gasteiger partial charge in [0.25, 0.3) is 0 Å². The number of rotatable bonds is 6. The lowest BCUT2D eigenvalue weighted by Gasteiger charge is -2.33. The zero-order valence-corrected chi connectivity index (χ0v) is 15.7. The number of benzene rings is 1. The Morgan fingerprint density at radius 1 is 1.21 bits per heavy atom. The maximum Gasteiger partial charge on any atom is 0.191 e. The molecule has 2 N–H and O–H groups in total. The third-order valence-electron chi connectivity index (χ3n) is 4.79.